The number of carbonyl (C=O) groups excluding carboxylic acids is 1. The molecular formula is C15H33N3O. The molecule has 0 aromatic rings. The van der Waals surface area contributed by atoms with Crippen LogP contribution in [0.2, 0.25) is 0 Å². The Hall–Kier alpha value is -0.610. The van der Waals surface area contributed by atoms with E-state index in [2.05, 4.69) is 24.1 Å². The van der Waals surface area contributed by atoms with E-state index in [1.807, 2.05) is 27.9 Å². The van der Waals surface area contributed by atoms with Gasteiger partial charge in [-0.05, 0) is 39.3 Å². The van der Waals surface area contributed by atoms with Crippen molar-refractivity contribution in [3.05, 3.63) is 0 Å². The summed E-state index contributed by atoms with van der Waals surface area (Å²) in [5.41, 5.74) is 5.44. The minimum atomic E-state index is -0.401. The third-order valence-corrected chi connectivity index (χ3v) is 3.90. The van der Waals surface area contributed by atoms with E-state index in [-0.39, 0.29) is 11.9 Å². The number of amides is 1. The van der Waals surface area contributed by atoms with Gasteiger partial charge < -0.3 is 16.0 Å². The van der Waals surface area contributed by atoms with E-state index < -0.39 is 5.41 Å². The highest BCUT2D eigenvalue weighted by molar-refractivity contribution is 5.83. The normalized spacial score (nSPS) is 13.9. The molecule has 0 bridgehead atoms. The van der Waals surface area contributed by atoms with Crippen molar-refractivity contribution in [1.82, 2.24) is 10.2 Å². The van der Waals surface area contributed by atoms with E-state index in [1.54, 1.807) is 0 Å². The second-order valence-electron chi connectivity index (χ2n) is 6.25. The molecule has 3 N–H and O–H groups in total. The third-order valence-electron chi connectivity index (χ3n) is 3.90. The Morgan fingerprint density at radius 2 is 1.79 bits per heavy atom. The Labute approximate surface area is 119 Å². The van der Waals surface area contributed by atoms with Gasteiger partial charge in [-0.3, -0.25) is 4.79 Å². The molecule has 114 valence electrons. The zero-order valence-corrected chi connectivity index (χ0v) is 13.6. The monoisotopic (exact) mass is 271 g/mol. The highest BCUT2D eigenvalue weighted by Gasteiger charge is 2.34. The SMILES string of the molecule is CCC(CC)(CN)C(=O)NC(CC(C)C)CN(C)C. The first-order chi connectivity index (χ1) is 8.81. The summed E-state index contributed by atoms with van der Waals surface area (Å²) in [6, 6.07) is 0.200. The standard InChI is InChI=1S/C15H33N3O/c1-7-15(8-2,11-16)14(19)17-13(9-12(3)4)10-18(5)6/h12-13H,7-11,16H2,1-6H3,(H,17,19). The van der Waals surface area contributed by atoms with Crippen molar-refractivity contribution in [3.63, 3.8) is 0 Å². The lowest BCUT2D eigenvalue weighted by atomic mass is 9.81. The molecule has 0 aliphatic rings. The van der Waals surface area contributed by atoms with Gasteiger partial charge in [0.1, 0.15) is 0 Å². The number of carbonyl (C=O) groups is 1. The summed E-state index contributed by atoms with van der Waals surface area (Å²) >= 11 is 0. The average Bonchev–Trinajstić information content (AvgIpc) is 2.30. The number of hydrogen-bond acceptors (Lipinski definition) is 3. The van der Waals surface area contributed by atoms with Gasteiger partial charge in [0.15, 0.2) is 0 Å². The van der Waals surface area contributed by atoms with E-state index >= 15 is 0 Å². The van der Waals surface area contributed by atoms with Crippen LogP contribution in [0.15, 0.2) is 0 Å². The maximum absolute atomic E-state index is 12.5. The first kappa shape index (κ1) is 18.4. The zero-order chi connectivity index (χ0) is 15.1. The second kappa shape index (κ2) is 8.54. The Bertz CT molecular complexity index is 242. The van der Waals surface area contributed by atoms with Gasteiger partial charge in [0.05, 0.1) is 5.41 Å². The van der Waals surface area contributed by atoms with Crippen molar-refractivity contribution in [3.8, 4) is 0 Å². The fourth-order valence-corrected chi connectivity index (χ4v) is 2.48. The highest BCUT2D eigenvalue weighted by atomic mass is 16.2. The molecule has 4 heteroatoms. The zero-order valence-electron chi connectivity index (χ0n) is 13.6. The van der Waals surface area contributed by atoms with Crippen LogP contribution < -0.4 is 11.1 Å². The predicted octanol–water partition coefficient (Wildman–Crippen LogP) is 1.84. The topological polar surface area (TPSA) is 58.4 Å². The predicted molar refractivity (Wildman–Crippen MR) is 82.0 cm³/mol. The molecule has 1 atom stereocenters. The molecule has 0 radical (unpaired) electrons. The summed E-state index contributed by atoms with van der Waals surface area (Å²) in [7, 11) is 4.07. The molecule has 0 aromatic heterocycles. The van der Waals surface area contributed by atoms with E-state index in [0.29, 0.717) is 12.5 Å². The molecule has 0 rings (SSSR count). The van der Waals surface area contributed by atoms with E-state index in [4.69, 9.17) is 5.73 Å². The van der Waals surface area contributed by atoms with Crippen LogP contribution in [0.3, 0.4) is 0 Å². The van der Waals surface area contributed by atoms with Gasteiger partial charge >= 0.3 is 0 Å². The summed E-state index contributed by atoms with van der Waals surface area (Å²) in [4.78, 5) is 14.6. The van der Waals surface area contributed by atoms with Gasteiger partial charge in [-0.1, -0.05) is 27.7 Å². The molecule has 19 heavy (non-hydrogen) atoms. The van der Waals surface area contributed by atoms with Gasteiger partial charge in [-0.25, -0.2) is 0 Å². The molecule has 0 spiro atoms. The Balaban J connectivity index is 4.76. The quantitative estimate of drug-likeness (QED) is 0.673. The second-order valence-corrected chi connectivity index (χ2v) is 6.25. The molecule has 1 unspecified atom stereocenters. The van der Waals surface area contributed by atoms with Gasteiger partial charge in [-0.15, -0.1) is 0 Å². The summed E-state index contributed by atoms with van der Waals surface area (Å²) in [6.45, 7) is 9.74. The van der Waals surface area contributed by atoms with Crippen molar-refractivity contribution in [1.29, 1.82) is 0 Å². The summed E-state index contributed by atoms with van der Waals surface area (Å²) in [6.07, 6.45) is 2.59. The fourth-order valence-electron chi connectivity index (χ4n) is 2.48. The maximum Gasteiger partial charge on any atom is 0.227 e. The van der Waals surface area contributed by atoms with Crippen LogP contribution in [0, 0.1) is 11.3 Å². The van der Waals surface area contributed by atoms with E-state index in [0.717, 1.165) is 25.8 Å². The molecule has 1 amide bonds. The lowest BCUT2D eigenvalue weighted by Gasteiger charge is -2.32. The smallest absolute Gasteiger partial charge is 0.227 e. The number of nitrogens with two attached hydrogens (primary N) is 1. The number of nitrogens with one attached hydrogen (secondary N) is 1. The van der Waals surface area contributed by atoms with Gasteiger partial charge in [0, 0.05) is 19.1 Å². The number of rotatable bonds is 9. The van der Waals surface area contributed by atoms with Crippen LogP contribution in [0.4, 0.5) is 0 Å². The maximum atomic E-state index is 12.5. The Kier molecular flexibility index (Phi) is 8.26. The van der Waals surface area contributed by atoms with Crippen molar-refractivity contribution >= 4 is 5.91 Å². The van der Waals surface area contributed by atoms with E-state index in [1.165, 1.54) is 0 Å². The van der Waals surface area contributed by atoms with Crippen LogP contribution >= 0.6 is 0 Å². The first-order valence-electron chi connectivity index (χ1n) is 7.47. The molecule has 0 aliphatic heterocycles. The molecule has 0 saturated carbocycles. The summed E-state index contributed by atoms with van der Waals surface area (Å²) in [5, 5.41) is 3.21. The van der Waals surface area contributed by atoms with Crippen LogP contribution in [0.1, 0.15) is 47.0 Å². The number of likely N-dealkylation sites (N-methyl/N-ethyl adjacent to an activating group) is 1. The fraction of sp³-hybridized carbons (Fsp3) is 0.933. The summed E-state index contributed by atoms with van der Waals surface area (Å²) in [5.74, 6) is 0.688. The van der Waals surface area contributed by atoms with Gasteiger partial charge in [0.25, 0.3) is 0 Å². The Morgan fingerprint density at radius 1 is 1.26 bits per heavy atom. The highest BCUT2D eigenvalue weighted by Crippen LogP contribution is 2.25. The van der Waals surface area contributed by atoms with Crippen molar-refractivity contribution < 1.29 is 4.79 Å². The van der Waals surface area contributed by atoms with Gasteiger partial charge in [0.2, 0.25) is 5.91 Å². The molecular weight excluding hydrogens is 238 g/mol. The lowest BCUT2D eigenvalue weighted by Crippen LogP contribution is -2.51. The minimum absolute atomic E-state index is 0.118. The molecule has 0 fully saturated rings. The Morgan fingerprint density at radius 3 is 2.11 bits per heavy atom. The third kappa shape index (κ3) is 5.91. The summed E-state index contributed by atoms with van der Waals surface area (Å²) < 4.78 is 0. The number of hydrogen-bond donors (Lipinski definition) is 2. The number of nitrogens with zero attached hydrogens (tertiary/aromatic N) is 1. The molecule has 0 aromatic carbocycles. The van der Waals surface area contributed by atoms with Crippen LogP contribution in [0.25, 0.3) is 0 Å². The molecule has 4 nitrogen and oxygen atoms in total. The van der Waals surface area contributed by atoms with Crippen molar-refractivity contribution in [2.24, 2.45) is 17.1 Å². The average molecular weight is 271 g/mol. The van der Waals surface area contributed by atoms with Crippen LogP contribution in [-0.4, -0.2) is 44.0 Å². The van der Waals surface area contributed by atoms with E-state index in [9.17, 15) is 4.79 Å². The van der Waals surface area contributed by atoms with Crippen molar-refractivity contribution in [2.45, 2.75) is 53.0 Å². The molecule has 0 saturated heterocycles. The van der Waals surface area contributed by atoms with Crippen molar-refractivity contribution in [2.75, 3.05) is 27.2 Å². The lowest BCUT2D eigenvalue weighted by molar-refractivity contribution is -0.132. The minimum Gasteiger partial charge on any atom is -0.352 e. The largest absolute Gasteiger partial charge is 0.352 e. The van der Waals surface area contributed by atoms with Crippen LogP contribution in [-0.2, 0) is 4.79 Å². The van der Waals surface area contributed by atoms with Gasteiger partial charge in [-0.2, -0.15) is 0 Å². The first-order valence-corrected chi connectivity index (χ1v) is 7.47. The molecule has 0 aliphatic carbocycles. The van der Waals surface area contributed by atoms with Crippen LogP contribution in [0.5, 0.6) is 0 Å². The molecule has 0 heterocycles.